The van der Waals surface area contributed by atoms with Gasteiger partial charge in [-0.25, -0.2) is 4.79 Å². The number of ether oxygens (including phenoxy) is 1. The quantitative estimate of drug-likeness (QED) is 0.569. The van der Waals surface area contributed by atoms with E-state index < -0.39 is 5.60 Å². The van der Waals surface area contributed by atoms with Gasteiger partial charge in [-0.1, -0.05) is 91.0 Å². The second-order valence-corrected chi connectivity index (χ2v) is 9.37. The summed E-state index contributed by atoms with van der Waals surface area (Å²) in [5.74, 6) is -0.164. The third-order valence-electron chi connectivity index (χ3n) is 5.31. The molecular weight excluding hydrogens is 436 g/mol. The van der Waals surface area contributed by atoms with E-state index in [-0.39, 0.29) is 18.0 Å². The van der Waals surface area contributed by atoms with E-state index >= 15 is 0 Å². The highest BCUT2D eigenvalue weighted by Gasteiger charge is 2.30. The van der Waals surface area contributed by atoms with Crippen molar-refractivity contribution in [1.82, 2.24) is 10.2 Å². The minimum atomic E-state index is -0.537. The summed E-state index contributed by atoms with van der Waals surface area (Å²) in [6.45, 7) is 6.55. The minimum absolute atomic E-state index is 0.103. The highest BCUT2D eigenvalue weighted by atomic mass is 16.6. The smallest absolute Gasteiger partial charge is 0.410 e. The fourth-order valence-corrected chi connectivity index (χ4v) is 3.62. The SMILES string of the molecule is CC(C)(C)OC(=O)N1CC[C@@H](NC(=O)c2ccccc(-c3ccccccccc3)cccc2)C1. The molecule has 0 aliphatic carbocycles. The van der Waals surface area contributed by atoms with E-state index in [0.29, 0.717) is 25.1 Å². The van der Waals surface area contributed by atoms with Gasteiger partial charge in [0.05, 0.1) is 0 Å². The molecular formula is C30H34N2O3. The summed E-state index contributed by atoms with van der Waals surface area (Å²) in [4.78, 5) is 26.8. The molecule has 182 valence electrons. The first-order valence-electron chi connectivity index (χ1n) is 11.9. The van der Waals surface area contributed by atoms with Gasteiger partial charge >= 0.3 is 6.09 Å². The van der Waals surface area contributed by atoms with Gasteiger partial charge < -0.3 is 15.0 Å². The molecule has 1 saturated heterocycles. The van der Waals surface area contributed by atoms with Crippen LogP contribution in [-0.4, -0.2) is 41.6 Å². The molecule has 3 rings (SSSR count). The van der Waals surface area contributed by atoms with Crippen LogP contribution in [-0.2, 0) is 4.74 Å². The van der Waals surface area contributed by atoms with Gasteiger partial charge in [0.1, 0.15) is 5.60 Å². The second-order valence-electron chi connectivity index (χ2n) is 9.37. The number of nitrogens with one attached hydrogen (secondary N) is 1. The van der Waals surface area contributed by atoms with Crippen molar-refractivity contribution in [2.24, 2.45) is 0 Å². The Kier molecular flexibility index (Phi) is 9.24. The second kappa shape index (κ2) is 12.6. The molecule has 0 aromatic heterocycles. The van der Waals surface area contributed by atoms with E-state index in [1.54, 1.807) is 17.0 Å². The number of carbonyl (C=O) groups excluding carboxylic acids is 2. The van der Waals surface area contributed by atoms with Gasteiger partial charge in [-0.3, -0.25) is 4.79 Å². The molecule has 35 heavy (non-hydrogen) atoms. The average Bonchev–Trinajstić information content (AvgIpc) is 3.28. The van der Waals surface area contributed by atoms with Crippen LogP contribution in [0.3, 0.4) is 0 Å². The van der Waals surface area contributed by atoms with Crippen LogP contribution in [0.15, 0.2) is 103 Å². The van der Waals surface area contributed by atoms with Crippen molar-refractivity contribution in [2.75, 3.05) is 13.1 Å². The largest absolute Gasteiger partial charge is 0.444 e. The van der Waals surface area contributed by atoms with Gasteiger partial charge in [0.15, 0.2) is 0 Å². The molecule has 2 amide bonds. The summed E-state index contributed by atoms with van der Waals surface area (Å²) in [5, 5.41) is 3.05. The number of hydrogen-bond acceptors (Lipinski definition) is 3. The van der Waals surface area contributed by atoms with Gasteiger partial charge in [0, 0.05) is 24.7 Å². The van der Waals surface area contributed by atoms with Crippen LogP contribution >= 0.6 is 0 Å². The normalized spacial score (nSPS) is 14.8. The zero-order valence-electron chi connectivity index (χ0n) is 20.7. The molecule has 0 bridgehead atoms. The highest BCUT2D eigenvalue weighted by Crippen LogP contribution is 2.17. The Morgan fingerprint density at radius 2 is 1.23 bits per heavy atom. The Morgan fingerprint density at radius 1 is 0.771 bits per heavy atom. The van der Waals surface area contributed by atoms with Crippen LogP contribution < -0.4 is 5.32 Å². The van der Waals surface area contributed by atoms with Crippen LogP contribution in [0.2, 0.25) is 0 Å². The molecule has 2 aromatic carbocycles. The molecule has 1 heterocycles. The van der Waals surface area contributed by atoms with E-state index in [4.69, 9.17) is 4.74 Å². The summed E-state index contributed by atoms with van der Waals surface area (Å²) in [7, 11) is 0. The van der Waals surface area contributed by atoms with Crippen molar-refractivity contribution in [3.8, 4) is 11.1 Å². The zero-order valence-corrected chi connectivity index (χ0v) is 20.7. The lowest BCUT2D eigenvalue weighted by Crippen LogP contribution is -2.40. The van der Waals surface area contributed by atoms with Crippen LogP contribution in [0.5, 0.6) is 0 Å². The summed E-state index contributed by atoms with van der Waals surface area (Å²) in [6.07, 6.45) is 0.359. The summed E-state index contributed by atoms with van der Waals surface area (Å²) in [6, 6.07) is 33.2. The lowest BCUT2D eigenvalue weighted by Gasteiger charge is -2.24. The number of nitrogens with zero attached hydrogens (tertiary/aromatic N) is 1. The standard InChI is InChI=1S/C30H34N2O3/c1-30(2,3)35-29(34)32-22-21-27(23-32)31-28(33)26-19-13-11-17-25(18-12-14-20-26)24-15-9-7-5-4-6-8-10-16-24/h4-20,27H,21-23H2,1-3H3,(H,31,33)/t27-/m1/s1. The summed E-state index contributed by atoms with van der Waals surface area (Å²) in [5.41, 5.74) is 2.15. The molecule has 5 heteroatoms. The Morgan fingerprint density at radius 3 is 1.74 bits per heavy atom. The molecule has 1 atom stereocenters. The number of carbonyl (C=O) groups is 2. The van der Waals surface area contributed by atoms with Crippen molar-refractivity contribution in [1.29, 1.82) is 0 Å². The molecule has 0 radical (unpaired) electrons. The number of likely N-dealkylation sites (tertiary alicyclic amines) is 1. The first-order chi connectivity index (χ1) is 16.8. The molecule has 5 nitrogen and oxygen atoms in total. The van der Waals surface area contributed by atoms with Crippen LogP contribution in [0, 0.1) is 0 Å². The van der Waals surface area contributed by atoms with Crippen molar-refractivity contribution < 1.29 is 14.3 Å². The molecule has 2 aromatic rings. The number of amides is 2. The Balaban J connectivity index is 1.71. The lowest BCUT2D eigenvalue weighted by molar-refractivity contribution is 0.0290. The molecule has 0 saturated carbocycles. The lowest BCUT2D eigenvalue weighted by atomic mass is 10.1. The van der Waals surface area contributed by atoms with Gasteiger partial charge in [0.2, 0.25) is 0 Å². The zero-order chi connectivity index (χ0) is 25.1. The topological polar surface area (TPSA) is 58.6 Å². The van der Waals surface area contributed by atoms with Crippen LogP contribution in [0.1, 0.15) is 37.6 Å². The third-order valence-corrected chi connectivity index (χ3v) is 5.31. The Hall–Kier alpha value is -3.86. The molecule has 1 fully saturated rings. The van der Waals surface area contributed by atoms with E-state index in [9.17, 15) is 9.59 Å². The van der Waals surface area contributed by atoms with Crippen molar-refractivity contribution >= 4 is 12.0 Å². The van der Waals surface area contributed by atoms with Crippen molar-refractivity contribution in [3.05, 3.63) is 109 Å². The van der Waals surface area contributed by atoms with Crippen molar-refractivity contribution in [3.63, 3.8) is 0 Å². The maximum Gasteiger partial charge on any atom is 0.410 e. The van der Waals surface area contributed by atoms with Gasteiger partial charge in [-0.2, -0.15) is 0 Å². The predicted molar refractivity (Wildman–Crippen MR) is 141 cm³/mol. The highest BCUT2D eigenvalue weighted by molar-refractivity contribution is 5.94. The Labute approximate surface area is 208 Å². The molecule has 1 aliphatic rings. The first kappa shape index (κ1) is 25.8. The third kappa shape index (κ3) is 8.78. The van der Waals surface area contributed by atoms with Gasteiger partial charge in [-0.05, 0) is 50.5 Å². The van der Waals surface area contributed by atoms with Gasteiger partial charge in [0.25, 0.3) is 5.91 Å². The molecule has 1 N–H and O–H groups in total. The fraction of sp³-hybridized carbons (Fsp3) is 0.267. The monoisotopic (exact) mass is 470 g/mol. The molecule has 1 aliphatic heterocycles. The van der Waals surface area contributed by atoms with E-state index in [1.807, 2.05) is 99.6 Å². The first-order valence-corrected chi connectivity index (χ1v) is 11.9. The average molecular weight is 471 g/mol. The van der Waals surface area contributed by atoms with E-state index in [1.165, 1.54) is 0 Å². The number of rotatable bonds is 3. The summed E-state index contributed by atoms with van der Waals surface area (Å²) < 4.78 is 5.44. The van der Waals surface area contributed by atoms with Crippen molar-refractivity contribution in [2.45, 2.75) is 38.8 Å². The Bertz CT molecular complexity index is 1080. The van der Waals surface area contributed by atoms with Crippen LogP contribution in [0.25, 0.3) is 11.1 Å². The van der Waals surface area contributed by atoms with E-state index in [2.05, 4.69) is 17.4 Å². The minimum Gasteiger partial charge on any atom is -0.444 e. The predicted octanol–water partition coefficient (Wildman–Crippen LogP) is 6.34. The number of hydrogen-bond donors (Lipinski definition) is 1. The van der Waals surface area contributed by atoms with Gasteiger partial charge in [-0.15, -0.1) is 0 Å². The maximum atomic E-state index is 12.9. The van der Waals surface area contributed by atoms with E-state index in [0.717, 1.165) is 11.1 Å². The summed E-state index contributed by atoms with van der Waals surface area (Å²) >= 11 is 0. The van der Waals surface area contributed by atoms with Crippen LogP contribution in [0.4, 0.5) is 4.79 Å². The maximum absolute atomic E-state index is 12.9. The fourth-order valence-electron chi connectivity index (χ4n) is 3.62. The molecule has 0 unspecified atom stereocenters. The molecule has 0 spiro atoms.